The van der Waals surface area contributed by atoms with E-state index in [0.717, 1.165) is 24.4 Å². The molecule has 0 saturated carbocycles. The quantitative estimate of drug-likeness (QED) is 0.794. The first kappa shape index (κ1) is 15.0. The highest BCUT2D eigenvalue weighted by Crippen LogP contribution is 2.26. The Hall–Kier alpha value is -0.0800. The second-order valence-corrected chi connectivity index (χ2v) is 6.72. The first-order valence-electron chi connectivity index (χ1n) is 7.34. The van der Waals surface area contributed by atoms with E-state index in [2.05, 4.69) is 51.8 Å². The lowest BCUT2D eigenvalue weighted by atomic mass is 9.86. The van der Waals surface area contributed by atoms with Gasteiger partial charge in [0.2, 0.25) is 0 Å². The number of likely N-dealkylation sites (tertiary alicyclic amines) is 1. The Bertz CT molecular complexity index is 225. The third kappa shape index (κ3) is 4.59. The molecule has 3 unspecified atom stereocenters. The van der Waals surface area contributed by atoms with Crippen molar-refractivity contribution in [3.63, 3.8) is 0 Å². The molecule has 3 atom stereocenters. The summed E-state index contributed by atoms with van der Waals surface area (Å²) < 4.78 is 0. The number of nitrogens with zero attached hydrogens (tertiary/aromatic N) is 1. The average molecular weight is 240 g/mol. The fourth-order valence-corrected chi connectivity index (χ4v) is 2.79. The Kier molecular flexibility index (Phi) is 5.46. The predicted octanol–water partition coefficient (Wildman–Crippen LogP) is 3.13. The number of nitrogens with one attached hydrogen (secondary N) is 1. The first-order valence-corrected chi connectivity index (χ1v) is 7.34. The maximum absolute atomic E-state index is 3.66. The summed E-state index contributed by atoms with van der Waals surface area (Å²) in [5, 5.41) is 3.66. The largest absolute Gasteiger partial charge is 0.311 e. The molecule has 1 heterocycles. The van der Waals surface area contributed by atoms with Gasteiger partial charge in [-0.3, -0.25) is 4.90 Å². The maximum Gasteiger partial charge on any atom is 0.0123 e. The molecule has 0 aliphatic carbocycles. The average Bonchev–Trinajstić information content (AvgIpc) is 2.24. The van der Waals surface area contributed by atoms with Gasteiger partial charge in [0.15, 0.2) is 0 Å². The second-order valence-electron chi connectivity index (χ2n) is 6.72. The molecule has 2 heteroatoms. The molecule has 0 aromatic carbocycles. The van der Waals surface area contributed by atoms with Crippen LogP contribution in [0.5, 0.6) is 0 Å². The van der Waals surface area contributed by atoms with E-state index in [-0.39, 0.29) is 5.54 Å². The molecular weight excluding hydrogens is 208 g/mol. The molecular formula is C15H32N2. The monoisotopic (exact) mass is 240 g/mol. The van der Waals surface area contributed by atoms with E-state index < -0.39 is 0 Å². The molecule has 1 aliphatic heterocycles. The summed E-state index contributed by atoms with van der Waals surface area (Å²) in [6.07, 6.45) is 2.58. The SMILES string of the molecule is CCC(C)(C)NCCN1CC(C)CC(C)C1C. The zero-order valence-electron chi connectivity index (χ0n) is 12.7. The van der Waals surface area contributed by atoms with E-state index in [1.54, 1.807) is 0 Å². The van der Waals surface area contributed by atoms with Gasteiger partial charge in [-0.15, -0.1) is 0 Å². The Morgan fingerprint density at radius 1 is 1.24 bits per heavy atom. The smallest absolute Gasteiger partial charge is 0.0123 e. The van der Waals surface area contributed by atoms with Crippen molar-refractivity contribution < 1.29 is 0 Å². The normalized spacial score (nSPS) is 31.8. The standard InChI is InChI=1S/C15H32N2/c1-7-15(5,6)16-8-9-17-11-12(2)10-13(3)14(17)4/h12-14,16H,7-11H2,1-6H3. The zero-order valence-corrected chi connectivity index (χ0v) is 12.7. The first-order chi connectivity index (χ1) is 7.85. The van der Waals surface area contributed by atoms with Crippen molar-refractivity contribution in [2.24, 2.45) is 11.8 Å². The molecule has 0 radical (unpaired) electrons. The lowest BCUT2D eigenvalue weighted by molar-refractivity contribution is 0.0787. The molecule has 1 saturated heterocycles. The third-order valence-electron chi connectivity index (χ3n) is 4.61. The molecule has 102 valence electrons. The van der Waals surface area contributed by atoms with Crippen LogP contribution in [0.15, 0.2) is 0 Å². The number of hydrogen-bond donors (Lipinski definition) is 1. The maximum atomic E-state index is 3.66. The van der Waals surface area contributed by atoms with Gasteiger partial charge in [-0.2, -0.15) is 0 Å². The molecule has 1 aliphatic rings. The fraction of sp³-hybridized carbons (Fsp3) is 1.00. The minimum absolute atomic E-state index is 0.288. The Morgan fingerprint density at radius 3 is 2.47 bits per heavy atom. The van der Waals surface area contributed by atoms with Gasteiger partial charge in [0.25, 0.3) is 0 Å². The van der Waals surface area contributed by atoms with Crippen molar-refractivity contribution in [1.29, 1.82) is 0 Å². The molecule has 1 fully saturated rings. The van der Waals surface area contributed by atoms with Crippen LogP contribution in [0.25, 0.3) is 0 Å². The lowest BCUT2D eigenvalue weighted by Crippen LogP contribution is -2.50. The van der Waals surface area contributed by atoms with Gasteiger partial charge in [-0.1, -0.05) is 20.8 Å². The molecule has 1 N–H and O–H groups in total. The van der Waals surface area contributed by atoms with Gasteiger partial charge >= 0.3 is 0 Å². The number of hydrogen-bond acceptors (Lipinski definition) is 2. The highest BCUT2D eigenvalue weighted by Gasteiger charge is 2.28. The zero-order chi connectivity index (χ0) is 13.1. The van der Waals surface area contributed by atoms with Crippen LogP contribution < -0.4 is 5.32 Å². The molecule has 0 amide bonds. The number of piperidine rings is 1. The molecule has 0 aromatic heterocycles. The summed E-state index contributed by atoms with van der Waals surface area (Å²) in [7, 11) is 0. The molecule has 2 nitrogen and oxygen atoms in total. The van der Waals surface area contributed by atoms with Crippen LogP contribution in [-0.2, 0) is 0 Å². The Balaban J connectivity index is 2.35. The van der Waals surface area contributed by atoms with Crippen LogP contribution in [0, 0.1) is 11.8 Å². The molecule has 0 bridgehead atoms. The third-order valence-corrected chi connectivity index (χ3v) is 4.61. The fourth-order valence-electron chi connectivity index (χ4n) is 2.79. The van der Waals surface area contributed by atoms with Crippen molar-refractivity contribution in [2.75, 3.05) is 19.6 Å². The molecule has 0 aromatic rings. The van der Waals surface area contributed by atoms with E-state index in [1.807, 2.05) is 0 Å². The van der Waals surface area contributed by atoms with Gasteiger partial charge in [-0.25, -0.2) is 0 Å². The summed E-state index contributed by atoms with van der Waals surface area (Å²) in [6, 6.07) is 0.748. The van der Waals surface area contributed by atoms with Crippen LogP contribution in [0.4, 0.5) is 0 Å². The van der Waals surface area contributed by atoms with Crippen molar-refractivity contribution in [2.45, 2.75) is 66.0 Å². The predicted molar refractivity (Wildman–Crippen MR) is 76.4 cm³/mol. The minimum atomic E-state index is 0.288. The second kappa shape index (κ2) is 6.19. The summed E-state index contributed by atoms with van der Waals surface area (Å²) in [6.45, 7) is 17.6. The van der Waals surface area contributed by atoms with E-state index in [4.69, 9.17) is 0 Å². The van der Waals surface area contributed by atoms with Crippen molar-refractivity contribution in [1.82, 2.24) is 10.2 Å². The highest BCUT2D eigenvalue weighted by atomic mass is 15.2. The summed E-state index contributed by atoms with van der Waals surface area (Å²) in [4.78, 5) is 2.66. The summed E-state index contributed by atoms with van der Waals surface area (Å²) in [5.41, 5.74) is 0.288. The summed E-state index contributed by atoms with van der Waals surface area (Å²) in [5.74, 6) is 1.71. The van der Waals surface area contributed by atoms with E-state index in [0.29, 0.717) is 0 Å². The van der Waals surface area contributed by atoms with Gasteiger partial charge in [0.05, 0.1) is 0 Å². The Labute approximate surface area is 108 Å². The number of rotatable bonds is 5. The van der Waals surface area contributed by atoms with Gasteiger partial charge < -0.3 is 5.32 Å². The van der Waals surface area contributed by atoms with Crippen molar-refractivity contribution in [3.05, 3.63) is 0 Å². The summed E-state index contributed by atoms with van der Waals surface area (Å²) >= 11 is 0. The van der Waals surface area contributed by atoms with Crippen LogP contribution in [0.1, 0.15) is 54.4 Å². The highest BCUT2D eigenvalue weighted by molar-refractivity contribution is 4.83. The van der Waals surface area contributed by atoms with Gasteiger partial charge in [-0.05, 0) is 45.4 Å². The van der Waals surface area contributed by atoms with E-state index in [1.165, 1.54) is 25.9 Å². The van der Waals surface area contributed by atoms with Crippen LogP contribution in [-0.4, -0.2) is 36.1 Å². The molecule has 1 rings (SSSR count). The molecule has 0 spiro atoms. The lowest BCUT2D eigenvalue weighted by Gasteiger charge is -2.41. The van der Waals surface area contributed by atoms with E-state index in [9.17, 15) is 0 Å². The van der Waals surface area contributed by atoms with E-state index >= 15 is 0 Å². The van der Waals surface area contributed by atoms with Gasteiger partial charge in [0.1, 0.15) is 0 Å². The van der Waals surface area contributed by atoms with Gasteiger partial charge in [0, 0.05) is 31.2 Å². The Morgan fingerprint density at radius 2 is 1.88 bits per heavy atom. The van der Waals surface area contributed by atoms with Crippen LogP contribution >= 0.6 is 0 Å². The van der Waals surface area contributed by atoms with Crippen LogP contribution in [0.3, 0.4) is 0 Å². The molecule has 17 heavy (non-hydrogen) atoms. The topological polar surface area (TPSA) is 15.3 Å². The van der Waals surface area contributed by atoms with Crippen molar-refractivity contribution >= 4 is 0 Å². The minimum Gasteiger partial charge on any atom is -0.311 e. The van der Waals surface area contributed by atoms with Crippen molar-refractivity contribution in [3.8, 4) is 0 Å². The van der Waals surface area contributed by atoms with Crippen LogP contribution in [0.2, 0.25) is 0 Å².